The SMILES string of the molecule is COC(=O)NCC1CCC(C(=O)O)C1. The maximum absolute atomic E-state index is 10.7. The average molecular weight is 201 g/mol. The molecular formula is C9H15NO4. The first kappa shape index (κ1) is 10.8. The van der Waals surface area contributed by atoms with Crippen LogP contribution in [0.1, 0.15) is 19.3 Å². The first-order chi connectivity index (χ1) is 6.63. The molecular weight excluding hydrogens is 186 g/mol. The van der Waals surface area contributed by atoms with Gasteiger partial charge in [0.05, 0.1) is 13.0 Å². The van der Waals surface area contributed by atoms with Crippen LogP contribution in [0.5, 0.6) is 0 Å². The predicted octanol–water partition coefficient (Wildman–Crippen LogP) is 0.843. The Morgan fingerprint density at radius 3 is 2.71 bits per heavy atom. The van der Waals surface area contributed by atoms with Crippen molar-refractivity contribution in [3.05, 3.63) is 0 Å². The number of methoxy groups -OCH3 is 1. The Morgan fingerprint density at radius 1 is 1.50 bits per heavy atom. The molecule has 0 radical (unpaired) electrons. The molecule has 1 amide bonds. The van der Waals surface area contributed by atoms with Crippen molar-refractivity contribution in [3.63, 3.8) is 0 Å². The Balaban J connectivity index is 2.22. The fourth-order valence-corrected chi connectivity index (χ4v) is 1.78. The normalized spacial score (nSPS) is 25.8. The number of alkyl carbamates (subject to hydrolysis) is 1. The fraction of sp³-hybridized carbons (Fsp3) is 0.778. The molecule has 2 N–H and O–H groups in total. The Morgan fingerprint density at radius 2 is 2.21 bits per heavy atom. The lowest BCUT2D eigenvalue weighted by Crippen LogP contribution is -2.28. The summed E-state index contributed by atoms with van der Waals surface area (Å²) in [5, 5.41) is 11.3. The lowest BCUT2D eigenvalue weighted by atomic mass is 10.1. The van der Waals surface area contributed by atoms with Gasteiger partial charge in [0.1, 0.15) is 0 Å². The molecule has 0 aromatic rings. The molecule has 0 bridgehead atoms. The highest BCUT2D eigenvalue weighted by Crippen LogP contribution is 2.30. The van der Waals surface area contributed by atoms with E-state index < -0.39 is 12.1 Å². The summed E-state index contributed by atoms with van der Waals surface area (Å²) in [5.41, 5.74) is 0. The van der Waals surface area contributed by atoms with E-state index in [-0.39, 0.29) is 11.8 Å². The van der Waals surface area contributed by atoms with E-state index in [1.165, 1.54) is 7.11 Å². The van der Waals surface area contributed by atoms with Crippen LogP contribution in [-0.4, -0.2) is 30.8 Å². The number of nitrogens with one attached hydrogen (secondary N) is 1. The highest BCUT2D eigenvalue weighted by atomic mass is 16.5. The van der Waals surface area contributed by atoms with Crippen molar-refractivity contribution >= 4 is 12.1 Å². The second kappa shape index (κ2) is 4.83. The van der Waals surface area contributed by atoms with Crippen molar-refractivity contribution in [2.24, 2.45) is 11.8 Å². The highest BCUT2D eigenvalue weighted by Gasteiger charge is 2.29. The van der Waals surface area contributed by atoms with Crippen LogP contribution in [0.2, 0.25) is 0 Å². The molecule has 1 fully saturated rings. The van der Waals surface area contributed by atoms with Crippen LogP contribution in [0.15, 0.2) is 0 Å². The number of carbonyl (C=O) groups is 2. The van der Waals surface area contributed by atoms with Gasteiger partial charge in [-0.25, -0.2) is 4.79 Å². The smallest absolute Gasteiger partial charge is 0.406 e. The second-order valence-corrected chi connectivity index (χ2v) is 3.59. The largest absolute Gasteiger partial charge is 0.481 e. The van der Waals surface area contributed by atoms with Gasteiger partial charge in [0.15, 0.2) is 0 Å². The Bertz CT molecular complexity index is 229. The van der Waals surface area contributed by atoms with Gasteiger partial charge in [-0.3, -0.25) is 4.79 Å². The molecule has 0 aromatic carbocycles. The van der Waals surface area contributed by atoms with E-state index >= 15 is 0 Å². The zero-order chi connectivity index (χ0) is 10.6. The van der Waals surface area contributed by atoms with Crippen LogP contribution < -0.4 is 5.32 Å². The van der Waals surface area contributed by atoms with Crippen molar-refractivity contribution in [2.45, 2.75) is 19.3 Å². The van der Waals surface area contributed by atoms with Gasteiger partial charge in [-0.15, -0.1) is 0 Å². The van der Waals surface area contributed by atoms with Gasteiger partial charge < -0.3 is 15.2 Å². The molecule has 0 aromatic heterocycles. The summed E-state index contributed by atoms with van der Waals surface area (Å²) in [4.78, 5) is 21.4. The molecule has 1 aliphatic carbocycles. The van der Waals surface area contributed by atoms with Gasteiger partial charge in [-0.1, -0.05) is 0 Å². The number of carboxylic acids is 1. The second-order valence-electron chi connectivity index (χ2n) is 3.59. The molecule has 14 heavy (non-hydrogen) atoms. The van der Waals surface area contributed by atoms with Crippen LogP contribution in [0, 0.1) is 11.8 Å². The van der Waals surface area contributed by atoms with E-state index in [0.717, 1.165) is 6.42 Å². The Kier molecular flexibility index (Phi) is 3.73. The monoisotopic (exact) mass is 201 g/mol. The van der Waals surface area contributed by atoms with E-state index in [9.17, 15) is 9.59 Å². The minimum atomic E-state index is -0.731. The summed E-state index contributed by atoms with van der Waals surface area (Å²) in [7, 11) is 1.31. The maximum atomic E-state index is 10.7. The number of ether oxygens (including phenoxy) is 1. The molecule has 0 saturated heterocycles. The summed E-state index contributed by atoms with van der Waals surface area (Å²) < 4.78 is 4.42. The first-order valence-corrected chi connectivity index (χ1v) is 4.68. The summed E-state index contributed by atoms with van der Waals surface area (Å²) in [5.74, 6) is -0.694. The van der Waals surface area contributed by atoms with E-state index in [1.54, 1.807) is 0 Å². The van der Waals surface area contributed by atoms with Gasteiger partial charge >= 0.3 is 12.1 Å². The topological polar surface area (TPSA) is 75.6 Å². The lowest BCUT2D eigenvalue weighted by molar-refractivity contribution is -0.141. The predicted molar refractivity (Wildman–Crippen MR) is 48.9 cm³/mol. The van der Waals surface area contributed by atoms with Crippen molar-refractivity contribution in [3.8, 4) is 0 Å². The van der Waals surface area contributed by atoms with Crippen LogP contribution in [-0.2, 0) is 9.53 Å². The number of hydrogen-bond donors (Lipinski definition) is 2. The molecule has 1 rings (SSSR count). The molecule has 0 heterocycles. The van der Waals surface area contributed by atoms with E-state index in [2.05, 4.69) is 10.1 Å². The van der Waals surface area contributed by atoms with E-state index in [4.69, 9.17) is 5.11 Å². The number of hydrogen-bond acceptors (Lipinski definition) is 3. The minimum absolute atomic E-state index is 0.237. The number of rotatable bonds is 3. The molecule has 2 atom stereocenters. The van der Waals surface area contributed by atoms with Crippen LogP contribution in [0.4, 0.5) is 4.79 Å². The molecule has 1 saturated carbocycles. The van der Waals surface area contributed by atoms with Crippen molar-refractivity contribution in [1.29, 1.82) is 0 Å². The van der Waals surface area contributed by atoms with Crippen LogP contribution >= 0.6 is 0 Å². The Hall–Kier alpha value is -1.26. The third-order valence-corrected chi connectivity index (χ3v) is 2.61. The van der Waals surface area contributed by atoms with Crippen LogP contribution in [0.3, 0.4) is 0 Å². The Labute approximate surface area is 82.4 Å². The number of amides is 1. The van der Waals surface area contributed by atoms with Gasteiger partial charge in [-0.2, -0.15) is 0 Å². The standard InChI is InChI=1S/C9H15NO4/c1-14-9(13)10-5-6-2-3-7(4-6)8(11)12/h6-7H,2-5H2,1H3,(H,10,13)(H,11,12). The molecule has 1 aliphatic rings. The number of carboxylic acid groups (broad SMARTS) is 1. The summed E-state index contributed by atoms with van der Waals surface area (Å²) >= 11 is 0. The zero-order valence-electron chi connectivity index (χ0n) is 8.16. The van der Waals surface area contributed by atoms with E-state index in [1.807, 2.05) is 0 Å². The van der Waals surface area contributed by atoms with Gasteiger partial charge in [0.2, 0.25) is 0 Å². The number of aliphatic carboxylic acids is 1. The van der Waals surface area contributed by atoms with E-state index in [0.29, 0.717) is 19.4 Å². The van der Waals surface area contributed by atoms with Crippen LogP contribution in [0.25, 0.3) is 0 Å². The lowest BCUT2D eigenvalue weighted by Gasteiger charge is -2.09. The molecule has 5 nitrogen and oxygen atoms in total. The zero-order valence-corrected chi connectivity index (χ0v) is 8.16. The first-order valence-electron chi connectivity index (χ1n) is 4.68. The quantitative estimate of drug-likeness (QED) is 0.709. The van der Waals surface area contributed by atoms with Crippen molar-refractivity contribution < 1.29 is 19.4 Å². The third kappa shape index (κ3) is 2.90. The minimum Gasteiger partial charge on any atom is -0.481 e. The van der Waals surface area contributed by atoms with Gasteiger partial charge in [0.25, 0.3) is 0 Å². The maximum Gasteiger partial charge on any atom is 0.406 e. The highest BCUT2D eigenvalue weighted by molar-refractivity contribution is 5.70. The summed E-state index contributed by atoms with van der Waals surface area (Å²) in [6.07, 6.45) is 1.77. The molecule has 5 heteroatoms. The molecule has 0 aliphatic heterocycles. The van der Waals surface area contributed by atoms with Gasteiger partial charge in [0, 0.05) is 6.54 Å². The van der Waals surface area contributed by atoms with Crippen molar-refractivity contribution in [2.75, 3.05) is 13.7 Å². The molecule has 80 valence electrons. The summed E-state index contributed by atoms with van der Waals surface area (Å²) in [6, 6.07) is 0. The van der Waals surface area contributed by atoms with Gasteiger partial charge in [-0.05, 0) is 25.2 Å². The van der Waals surface area contributed by atoms with Crippen molar-refractivity contribution in [1.82, 2.24) is 5.32 Å². The fourth-order valence-electron chi connectivity index (χ4n) is 1.78. The average Bonchev–Trinajstić information content (AvgIpc) is 2.62. The molecule has 2 unspecified atom stereocenters. The summed E-state index contributed by atoms with van der Waals surface area (Å²) in [6.45, 7) is 0.510. The third-order valence-electron chi connectivity index (χ3n) is 2.61. The molecule has 0 spiro atoms. The number of carbonyl (C=O) groups excluding carboxylic acids is 1.